The molecule has 1 rings (SSSR count). The minimum atomic E-state index is -0.722. The van der Waals surface area contributed by atoms with Gasteiger partial charge in [-0.2, -0.15) is 0 Å². The second kappa shape index (κ2) is 6.64. The SMILES string of the molecule is CCCC(Oc1ccccc1C(N)=O)C(=O)OC. The number of hydrogen-bond acceptors (Lipinski definition) is 4. The minimum absolute atomic E-state index is 0.252. The summed E-state index contributed by atoms with van der Waals surface area (Å²) in [6.07, 6.45) is 0.554. The van der Waals surface area contributed by atoms with Gasteiger partial charge in [0, 0.05) is 0 Å². The van der Waals surface area contributed by atoms with Gasteiger partial charge in [0.2, 0.25) is 0 Å². The number of nitrogens with two attached hydrogens (primary N) is 1. The summed E-state index contributed by atoms with van der Waals surface area (Å²) in [6.45, 7) is 1.93. The van der Waals surface area contributed by atoms with Gasteiger partial charge in [0.15, 0.2) is 6.10 Å². The fourth-order valence-corrected chi connectivity index (χ4v) is 1.54. The predicted octanol–water partition coefficient (Wildman–Crippen LogP) is 1.51. The second-order valence-electron chi connectivity index (χ2n) is 3.78. The summed E-state index contributed by atoms with van der Waals surface area (Å²) in [7, 11) is 1.30. The van der Waals surface area contributed by atoms with E-state index in [1.807, 2.05) is 6.92 Å². The molecule has 1 atom stereocenters. The zero-order chi connectivity index (χ0) is 13.5. The first-order chi connectivity index (χ1) is 8.60. The minimum Gasteiger partial charge on any atom is -0.478 e. The molecule has 0 radical (unpaired) electrons. The van der Waals surface area contributed by atoms with Crippen LogP contribution in [0.5, 0.6) is 5.75 Å². The molecule has 0 spiro atoms. The van der Waals surface area contributed by atoms with Crippen molar-refractivity contribution in [1.82, 2.24) is 0 Å². The number of carbonyl (C=O) groups excluding carboxylic acids is 2. The van der Waals surface area contributed by atoms with Crippen LogP contribution in [0.15, 0.2) is 24.3 Å². The standard InChI is InChI=1S/C13H17NO4/c1-3-6-11(13(16)17-2)18-10-8-5-4-7-9(10)12(14)15/h4-5,7-8,11H,3,6H2,1-2H3,(H2,14,15). The van der Waals surface area contributed by atoms with Crippen molar-refractivity contribution in [2.45, 2.75) is 25.9 Å². The van der Waals surface area contributed by atoms with Crippen molar-refractivity contribution < 1.29 is 19.1 Å². The van der Waals surface area contributed by atoms with E-state index in [9.17, 15) is 9.59 Å². The highest BCUT2D eigenvalue weighted by molar-refractivity contribution is 5.95. The van der Waals surface area contributed by atoms with E-state index in [0.717, 1.165) is 6.42 Å². The van der Waals surface area contributed by atoms with Crippen LogP contribution in [-0.2, 0) is 9.53 Å². The second-order valence-corrected chi connectivity index (χ2v) is 3.78. The van der Waals surface area contributed by atoms with Gasteiger partial charge in [0.25, 0.3) is 5.91 Å². The van der Waals surface area contributed by atoms with E-state index in [4.69, 9.17) is 10.5 Å². The number of carbonyl (C=O) groups is 2. The summed E-state index contributed by atoms with van der Waals surface area (Å²) in [4.78, 5) is 22.8. The van der Waals surface area contributed by atoms with Crippen molar-refractivity contribution in [2.75, 3.05) is 7.11 Å². The summed E-state index contributed by atoms with van der Waals surface area (Å²) in [5, 5.41) is 0. The van der Waals surface area contributed by atoms with Crippen LogP contribution in [0.3, 0.4) is 0 Å². The Morgan fingerprint density at radius 3 is 2.56 bits per heavy atom. The van der Waals surface area contributed by atoms with Gasteiger partial charge in [0.05, 0.1) is 12.7 Å². The Hall–Kier alpha value is -2.04. The first-order valence-corrected chi connectivity index (χ1v) is 5.73. The lowest BCUT2D eigenvalue weighted by Gasteiger charge is -2.17. The molecular weight excluding hydrogens is 234 g/mol. The van der Waals surface area contributed by atoms with Gasteiger partial charge in [-0.05, 0) is 18.6 Å². The topological polar surface area (TPSA) is 78.6 Å². The maximum Gasteiger partial charge on any atom is 0.347 e. The third-order valence-corrected chi connectivity index (χ3v) is 2.44. The van der Waals surface area contributed by atoms with Gasteiger partial charge in [-0.25, -0.2) is 4.79 Å². The Labute approximate surface area is 106 Å². The lowest BCUT2D eigenvalue weighted by molar-refractivity contribution is -0.149. The number of rotatable bonds is 6. The summed E-state index contributed by atoms with van der Waals surface area (Å²) >= 11 is 0. The summed E-state index contributed by atoms with van der Waals surface area (Å²) in [6, 6.07) is 6.55. The lowest BCUT2D eigenvalue weighted by Crippen LogP contribution is -2.29. The summed E-state index contributed by atoms with van der Waals surface area (Å²) < 4.78 is 10.2. The smallest absolute Gasteiger partial charge is 0.347 e. The average molecular weight is 251 g/mol. The van der Waals surface area contributed by atoms with Crippen LogP contribution >= 0.6 is 0 Å². The summed E-state index contributed by atoms with van der Waals surface area (Å²) in [5.41, 5.74) is 5.49. The van der Waals surface area contributed by atoms with E-state index < -0.39 is 18.0 Å². The van der Waals surface area contributed by atoms with E-state index in [1.54, 1.807) is 24.3 Å². The van der Waals surface area contributed by atoms with Gasteiger partial charge in [0.1, 0.15) is 5.75 Å². The van der Waals surface area contributed by atoms with Crippen molar-refractivity contribution in [1.29, 1.82) is 0 Å². The fourth-order valence-electron chi connectivity index (χ4n) is 1.54. The highest BCUT2D eigenvalue weighted by Crippen LogP contribution is 2.20. The van der Waals surface area contributed by atoms with Crippen LogP contribution in [0.1, 0.15) is 30.1 Å². The van der Waals surface area contributed by atoms with Gasteiger partial charge in [-0.15, -0.1) is 0 Å². The maximum absolute atomic E-state index is 11.5. The van der Waals surface area contributed by atoms with Gasteiger partial charge >= 0.3 is 5.97 Å². The van der Waals surface area contributed by atoms with Crippen LogP contribution in [0.25, 0.3) is 0 Å². The number of esters is 1. The molecule has 0 saturated heterocycles. The van der Waals surface area contributed by atoms with E-state index in [2.05, 4.69) is 4.74 Å². The largest absolute Gasteiger partial charge is 0.478 e. The molecule has 2 N–H and O–H groups in total. The van der Waals surface area contributed by atoms with Crippen molar-refractivity contribution in [3.8, 4) is 5.75 Å². The molecule has 0 heterocycles. The van der Waals surface area contributed by atoms with Crippen LogP contribution in [-0.4, -0.2) is 25.1 Å². The first kappa shape index (κ1) is 14.0. The van der Waals surface area contributed by atoms with Gasteiger partial charge < -0.3 is 15.2 Å². The highest BCUT2D eigenvalue weighted by Gasteiger charge is 2.22. The third-order valence-electron chi connectivity index (χ3n) is 2.44. The number of primary amides is 1. The molecule has 5 heteroatoms. The Bertz CT molecular complexity index is 431. The Balaban J connectivity index is 2.93. The van der Waals surface area contributed by atoms with Gasteiger partial charge in [-0.3, -0.25) is 4.79 Å². The van der Waals surface area contributed by atoms with Crippen LogP contribution in [0.2, 0.25) is 0 Å². The molecule has 0 saturated carbocycles. The molecule has 1 amide bonds. The zero-order valence-electron chi connectivity index (χ0n) is 10.5. The van der Waals surface area contributed by atoms with E-state index in [0.29, 0.717) is 12.2 Å². The molecular formula is C13H17NO4. The quantitative estimate of drug-likeness (QED) is 0.777. The first-order valence-electron chi connectivity index (χ1n) is 5.73. The summed E-state index contributed by atoms with van der Waals surface area (Å²) in [5.74, 6) is -0.754. The van der Waals surface area contributed by atoms with Crippen molar-refractivity contribution >= 4 is 11.9 Å². The molecule has 0 aliphatic rings. The maximum atomic E-state index is 11.5. The average Bonchev–Trinajstić information content (AvgIpc) is 2.37. The number of methoxy groups -OCH3 is 1. The molecule has 1 aromatic rings. The third kappa shape index (κ3) is 3.48. The molecule has 1 unspecified atom stereocenters. The Morgan fingerprint density at radius 2 is 2.00 bits per heavy atom. The van der Waals surface area contributed by atoms with Crippen LogP contribution < -0.4 is 10.5 Å². The van der Waals surface area contributed by atoms with Crippen molar-refractivity contribution in [3.05, 3.63) is 29.8 Å². The molecule has 18 heavy (non-hydrogen) atoms. The normalized spacial score (nSPS) is 11.7. The molecule has 0 fully saturated rings. The Kier molecular flexibility index (Phi) is 5.17. The van der Waals surface area contributed by atoms with Gasteiger partial charge in [-0.1, -0.05) is 25.5 Å². The molecule has 5 nitrogen and oxygen atoms in total. The number of amides is 1. The molecule has 0 aliphatic carbocycles. The van der Waals surface area contributed by atoms with E-state index in [-0.39, 0.29) is 5.56 Å². The van der Waals surface area contributed by atoms with Crippen molar-refractivity contribution in [2.24, 2.45) is 5.73 Å². The van der Waals surface area contributed by atoms with E-state index >= 15 is 0 Å². The lowest BCUT2D eigenvalue weighted by atomic mass is 10.1. The molecule has 98 valence electrons. The fraction of sp³-hybridized carbons (Fsp3) is 0.385. The number of para-hydroxylation sites is 1. The monoisotopic (exact) mass is 251 g/mol. The zero-order valence-corrected chi connectivity index (χ0v) is 10.5. The molecule has 1 aromatic carbocycles. The molecule has 0 bridgehead atoms. The molecule has 0 aromatic heterocycles. The van der Waals surface area contributed by atoms with Crippen LogP contribution in [0, 0.1) is 0 Å². The number of benzene rings is 1. The number of hydrogen-bond donors (Lipinski definition) is 1. The van der Waals surface area contributed by atoms with Crippen molar-refractivity contribution in [3.63, 3.8) is 0 Å². The highest BCUT2D eigenvalue weighted by atomic mass is 16.6. The van der Waals surface area contributed by atoms with Crippen LogP contribution in [0.4, 0.5) is 0 Å². The molecule has 0 aliphatic heterocycles. The predicted molar refractivity (Wildman–Crippen MR) is 66.3 cm³/mol. The number of ether oxygens (including phenoxy) is 2. The van der Waals surface area contributed by atoms with E-state index in [1.165, 1.54) is 7.11 Å². The Morgan fingerprint density at radius 1 is 1.33 bits per heavy atom.